The first-order valence-electron chi connectivity index (χ1n) is 3.77. The largest absolute Gasteiger partial charge is 0.294 e. The van der Waals surface area contributed by atoms with Crippen LogP contribution in [0.4, 0.5) is 0 Å². The van der Waals surface area contributed by atoms with Gasteiger partial charge in [0.1, 0.15) is 0 Å². The van der Waals surface area contributed by atoms with Crippen molar-refractivity contribution >= 4 is 5.78 Å². The lowest BCUT2D eigenvalue weighted by atomic mass is 10.2. The van der Waals surface area contributed by atoms with Crippen LogP contribution < -0.4 is 0 Å². The van der Waals surface area contributed by atoms with Crippen molar-refractivity contribution in [3.05, 3.63) is 29.1 Å². The number of nitrogens with zero attached hydrogens (tertiary/aromatic N) is 1. The van der Waals surface area contributed by atoms with Crippen LogP contribution in [0.5, 0.6) is 0 Å². The minimum atomic E-state index is 0.243. The van der Waals surface area contributed by atoms with Crippen molar-refractivity contribution in [2.24, 2.45) is 0 Å². The number of hydrogen-bond donors (Lipinski definition) is 0. The van der Waals surface area contributed by atoms with E-state index in [1.165, 1.54) is 0 Å². The van der Waals surface area contributed by atoms with E-state index >= 15 is 0 Å². The highest BCUT2D eigenvalue weighted by Crippen LogP contribution is 2.19. The average Bonchev–Trinajstić information content (AvgIpc) is 2.32. The summed E-state index contributed by atoms with van der Waals surface area (Å²) < 4.78 is 0. The second kappa shape index (κ2) is 2.16. The van der Waals surface area contributed by atoms with Gasteiger partial charge in [-0.2, -0.15) is 0 Å². The Labute approximate surface area is 65.3 Å². The Hall–Kier alpha value is -1.18. The third kappa shape index (κ3) is 0.946. The molecule has 0 aliphatic heterocycles. The number of carbonyl (C=O) groups is 1. The molecule has 0 amide bonds. The number of carbonyl (C=O) groups excluding carboxylic acids is 1. The summed E-state index contributed by atoms with van der Waals surface area (Å²) in [6.07, 6.45) is 1.47. The van der Waals surface area contributed by atoms with Gasteiger partial charge in [-0.15, -0.1) is 0 Å². The molecule has 0 saturated carbocycles. The van der Waals surface area contributed by atoms with Crippen molar-refractivity contribution in [3.8, 4) is 0 Å². The van der Waals surface area contributed by atoms with Crippen LogP contribution >= 0.6 is 0 Å². The predicted octanol–water partition coefficient (Wildman–Crippen LogP) is 1.52. The Morgan fingerprint density at radius 1 is 1.36 bits per heavy atom. The minimum absolute atomic E-state index is 0.243. The van der Waals surface area contributed by atoms with Gasteiger partial charge in [-0.25, -0.2) is 0 Å². The van der Waals surface area contributed by atoms with Crippen molar-refractivity contribution in [2.45, 2.75) is 19.8 Å². The number of ketones is 1. The predicted molar refractivity (Wildman–Crippen MR) is 41.6 cm³/mol. The molecule has 0 bridgehead atoms. The molecular weight excluding hydrogens is 138 g/mol. The van der Waals surface area contributed by atoms with Crippen LogP contribution in [0.3, 0.4) is 0 Å². The van der Waals surface area contributed by atoms with Gasteiger partial charge in [-0.3, -0.25) is 9.78 Å². The SMILES string of the molecule is Cc1ccc2c(n1)CCC2=O. The maximum absolute atomic E-state index is 11.1. The van der Waals surface area contributed by atoms with E-state index < -0.39 is 0 Å². The monoisotopic (exact) mass is 147 g/mol. The zero-order chi connectivity index (χ0) is 7.84. The van der Waals surface area contributed by atoms with Crippen molar-refractivity contribution in [1.29, 1.82) is 0 Å². The fraction of sp³-hybridized carbons (Fsp3) is 0.333. The van der Waals surface area contributed by atoms with E-state index in [1.54, 1.807) is 0 Å². The summed E-state index contributed by atoms with van der Waals surface area (Å²) in [5.41, 5.74) is 2.81. The standard InChI is InChI=1S/C9H9NO/c1-6-2-3-7-8(10-6)4-5-9(7)11/h2-3H,4-5H2,1H3. The minimum Gasteiger partial charge on any atom is -0.294 e. The highest BCUT2D eigenvalue weighted by molar-refractivity contribution is 5.99. The van der Waals surface area contributed by atoms with Gasteiger partial charge in [0.05, 0.1) is 5.69 Å². The molecule has 0 saturated heterocycles. The summed E-state index contributed by atoms with van der Waals surface area (Å²) in [5.74, 6) is 0.243. The summed E-state index contributed by atoms with van der Waals surface area (Å²) in [6, 6.07) is 3.77. The molecule has 1 aromatic rings. The molecule has 0 radical (unpaired) electrons. The lowest BCUT2D eigenvalue weighted by Gasteiger charge is -1.96. The van der Waals surface area contributed by atoms with Gasteiger partial charge in [0, 0.05) is 17.7 Å². The van der Waals surface area contributed by atoms with Crippen LogP contribution in [0.2, 0.25) is 0 Å². The number of fused-ring (bicyclic) bond motifs is 1. The molecule has 2 rings (SSSR count). The topological polar surface area (TPSA) is 30.0 Å². The Balaban J connectivity index is 2.59. The van der Waals surface area contributed by atoms with E-state index in [2.05, 4.69) is 4.98 Å². The molecule has 0 fully saturated rings. The Kier molecular flexibility index (Phi) is 1.28. The maximum Gasteiger partial charge on any atom is 0.165 e. The molecule has 2 heteroatoms. The molecule has 11 heavy (non-hydrogen) atoms. The molecule has 1 aliphatic carbocycles. The quantitative estimate of drug-likeness (QED) is 0.557. The molecule has 56 valence electrons. The van der Waals surface area contributed by atoms with E-state index in [4.69, 9.17) is 0 Å². The molecule has 1 heterocycles. The lowest BCUT2D eigenvalue weighted by molar-refractivity contribution is 0.0994. The van der Waals surface area contributed by atoms with Crippen LogP contribution in [0.15, 0.2) is 12.1 Å². The summed E-state index contributed by atoms with van der Waals surface area (Å²) in [7, 11) is 0. The summed E-state index contributed by atoms with van der Waals surface area (Å²) in [6.45, 7) is 1.95. The highest BCUT2D eigenvalue weighted by Gasteiger charge is 2.19. The van der Waals surface area contributed by atoms with Crippen molar-refractivity contribution < 1.29 is 4.79 Å². The number of rotatable bonds is 0. The molecule has 0 spiro atoms. The zero-order valence-corrected chi connectivity index (χ0v) is 6.42. The smallest absolute Gasteiger partial charge is 0.165 e. The Morgan fingerprint density at radius 2 is 2.18 bits per heavy atom. The number of pyridine rings is 1. The van der Waals surface area contributed by atoms with Gasteiger partial charge in [0.2, 0.25) is 0 Å². The summed E-state index contributed by atoms with van der Waals surface area (Å²) >= 11 is 0. The van der Waals surface area contributed by atoms with Gasteiger partial charge < -0.3 is 0 Å². The highest BCUT2D eigenvalue weighted by atomic mass is 16.1. The molecule has 0 N–H and O–H groups in total. The molecule has 0 aromatic carbocycles. The first kappa shape index (κ1) is 6.53. The second-order valence-electron chi connectivity index (χ2n) is 2.87. The van der Waals surface area contributed by atoms with Gasteiger partial charge in [-0.05, 0) is 25.5 Å². The number of Topliss-reactive ketones (excluding diaryl/α,β-unsaturated/α-hetero) is 1. The molecule has 1 aliphatic rings. The third-order valence-corrected chi connectivity index (χ3v) is 2.00. The van der Waals surface area contributed by atoms with Gasteiger partial charge >= 0.3 is 0 Å². The van der Waals surface area contributed by atoms with Crippen LogP contribution in [0, 0.1) is 6.92 Å². The van der Waals surface area contributed by atoms with Gasteiger partial charge in [0.15, 0.2) is 5.78 Å². The summed E-state index contributed by atoms with van der Waals surface area (Å²) in [5, 5.41) is 0. The third-order valence-electron chi connectivity index (χ3n) is 2.00. The molecule has 2 nitrogen and oxygen atoms in total. The average molecular weight is 147 g/mol. The fourth-order valence-electron chi connectivity index (χ4n) is 1.42. The van der Waals surface area contributed by atoms with Crippen LogP contribution in [-0.2, 0) is 6.42 Å². The van der Waals surface area contributed by atoms with E-state index in [0.717, 1.165) is 23.4 Å². The number of aromatic nitrogens is 1. The zero-order valence-electron chi connectivity index (χ0n) is 6.42. The lowest BCUT2D eigenvalue weighted by Crippen LogP contribution is -1.93. The fourth-order valence-corrected chi connectivity index (χ4v) is 1.42. The summed E-state index contributed by atoms with van der Waals surface area (Å²) in [4.78, 5) is 15.4. The normalized spacial score (nSPS) is 15.2. The molecule has 1 aromatic heterocycles. The van der Waals surface area contributed by atoms with E-state index in [-0.39, 0.29) is 5.78 Å². The van der Waals surface area contributed by atoms with Crippen molar-refractivity contribution in [1.82, 2.24) is 4.98 Å². The molecule has 0 atom stereocenters. The van der Waals surface area contributed by atoms with Crippen LogP contribution in [-0.4, -0.2) is 10.8 Å². The van der Waals surface area contributed by atoms with E-state index in [0.29, 0.717) is 6.42 Å². The maximum atomic E-state index is 11.1. The Bertz CT molecular complexity index is 317. The van der Waals surface area contributed by atoms with Crippen LogP contribution in [0.1, 0.15) is 28.2 Å². The second-order valence-corrected chi connectivity index (χ2v) is 2.87. The first-order valence-corrected chi connectivity index (χ1v) is 3.77. The van der Waals surface area contributed by atoms with Crippen LogP contribution in [0.25, 0.3) is 0 Å². The van der Waals surface area contributed by atoms with E-state index in [9.17, 15) is 4.79 Å². The van der Waals surface area contributed by atoms with Crippen molar-refractivity contribution in [3.63, 3.8) is 0 Å². The molecular formula is C9H9NO. The first-order chi connectivity index (χ1) is 5.27. The number of aryl methyl sites for hydroxylation is 2. The van der Waals surface area contributed by atoms with Crippen molar-refractivity contribution in [2.75, 3.05) is 0 Å². The molecule has 0 unspecified atom stereocenters. The Morgan fingerprint density at radius 3 is 3.00 bits per heavy atom. The van der Waals surface area contributed by atoms with Gasteiger partial charge in [0.25, 0.3) is 0 Å². The van der Waals surface area contributed by atoms with E-state index in [1.807, 2.05) is 19.1 Å². The number of hydrogen-bond acceptors (Lipinski definition) is 2. The van der Waals surface area contributed by atoms with Gasteiger partial charge in [-0.1, -0.05) is 0 Å².